The number of rotatable bonds is 6. The Hall–Kier alpha value is -3.22. The Morgan fingerprint density at radius 1 is 1.08 bits per heavy atom. The van der Waals surface area contributed by atoms with Crippen LogP contribution in [0.3, 0.4) is 0 Å². The van der Waals surface area contributed by atoms with Crippen LogP contribution < -0.4 is 10.6 Å². The Kier molecular flexibility index (Phi) is 5.84. The highest BCUT2D eigenvalue weighted by Crippen LogP contribution is 2.12. The van der Waals surface area contributed by atoms with E-state index in [4.69, 9.17) is 0 Å². The van der Waals surface area contributed by atoms with Crippen LogP contribution in [0.4, 0.5) is 10.1 Å². The van der Waals surface area contributed by atoms with E-state index < -0.39 is 23.7 Å². The maximum Gasteiger partial charge on any atom is 0.326 e. The third-order valence-corrected chi connectivity index (χ3v) is 3.45. The molecule has 0 spiro atoms. The zero-order chi connectivity index (χ0) is 18.4. The van der Waals surface area contributed by atoms with Gasteiger partial charge in [0.05, 0.1) is 0 Å². The molecule has 0 fully saturated rings. The standard InChI is InChI=1S/C18H17FN2O4/c1-11(22)20-14-8-6-12(7-9-14)17(23)21-16(18(24)25)10-13-4-2-3-5-15(13)19/h2-9,16H,10H2,1H3,(H,20,22)(H,21,23)(H,24,25)/t16-/m0/s1. The van der Waals surface area contributed by atoms with E-state index in [1.54, 1.807) is 6.07 Å². The van der Waals surface area contributed by atoms with E-state index in [1.165, 1.54) is 49.4 Å². The molecular weight excluding hydrogens is 327 g/mol. The lowest BCUT2D eigenvalue weighted by atomic mass is 10.0. The zero-order valence-electron chi connectivity index (χ0n) is 13.5. The lowest BCUT2D eigenvalue weighted by molar-refractivity contribution is -0.139. The minimum atomic E-state index is -1.26. The molecule has 0 heterocycles. The number of benzene rings is 2. The molecule has 0 bridgehead atoms. The lowest BCUT2D eigenvalue weighted by Crippen LogP contribution is -2.42. The highest BCUT2D eigenvalue weighted by molar-refractivity contribution is 5.97. The van der Waals surface area contributed by atoms with Crippen LogP contribution in [0.1, 0.15) is 22.8 Å². The van der Waals surface area contributed by atoms with Crippen LogP contribution in [-0.2, 0) is 16.0 Å². The number of carboxylic acid groups (broad SMARTS) is 1. The second-order valence-electron chi connectivity index (χ2n) is 5.42. The predicted molar refractivity (Wildman–Crippen MR) is 89.7 cm³/mol. The Balaban J connectivity index is 2.08. The number of carbonyl (C=O) groups excluding carboxylic acids is 2. The first-order valence-corrected chi connectivity index (χ1v) is 7.51. The Morgan fingerprint density at radius 3 is 2.28 bits per heavy atom. The number of hydrogen-bond donors (Lipinski definition) is 3. The summed E-state index contributed by atoms with van der Waals surface area (Å²) >= 11 is 0. The van der Waals surface area contributed by atoms with Crippen LogP contribution in [0, 0.1) is 5.82 Å². The molecule has 0 saturated heterocycles. The van der Waals surface area contributed by atoms with E-state index >= 15 is 0 Å². The topological polar surface area (TPSA) is 95.5 Å². The van der Waals surface area contributed by atoms with Gasteiger partial charge in [0, 0.05) is 24.6 Å². The van der Waals surface area contributed by atoms with Gasteiger partial charge in [0.2, 0.25) is 5.91 Å². The molecule has 0 radical (unpaired) electrons. The van der Waals surface area contributed by atoms with Crippen molar-refractivity contribution in [1.29, 1.82) is 0 Å². The van der Waals surface area contributed by atoms with Crippen molar-refractivity contribution in [3.05, 3.63) is 65.5 Å². The second kappa shape index (κ2) is 8.05. The molecule has 25 heavy (non-hydrogen) atoms. The summed E-state index contributed by atoms with van der Waals surface area (Å²) in [6, 6.07) is 10.5. The molecule has 2 amide bonds. The first-order chi connectivity index (χ1) is 11.9. The van der Waals surface area contributed by atoms with Gasteiger partial charge < -0.3 is 15.7 Å². The minimum Gasteiger partial charge on any atom is -0.480 e. The van der Waals surface area contributed by atoms with Crippen molar-refractivity contribution in [3.63, 3.8) is 0 Å². The van der Waals surface area contributed by atoms with Gasteiger partial charge in [-0.3, -0.25) is 9.59 Å². The molecule has 7 heteroatoms. The van der Waals surface area contributed by atoms with Gasteiger partial charge >= 0.3 is 5.97 Å². The van der Waals surface area contributed by atoms with Crippen molar-refractivity contribution >= 4 is 23.5 Å². The summed E-state index contributed by atoms with van der Waals surface area (Å²) in [5.74, 6) is -2.62. The van der Waals surface area contributed by atoms with Gasteiger partial charge in [-0.25, -0.2) is 9.18 Å². The van der Waals surface area contributed by atoms with E-state index in [9.17, 15) is 23.9 Å². The van der Waals surface area contributed by atoms with E-state index in [0.717, 1.165) is 0 Å². The van der Waals surface area contributed by atoms with Crippen LogP contribution in [0.2, 0.25) is 0 Å². The van der Waals surface area contributed by atoms with Crippen LogP contribution in [-0.4, -0.2) is 28.9 Å². The van der Waals surface area contributed by atoms with E-state index in [1.807, 2.05) is 0 Å². The molecule has 6 nitrogen and oxygen atoms in total. The van der Waals surface area contributed by atoms with E-state index in [0.29, 0.717) is 5.69 Å². The molecule has 0 aromatic heterocycles. The second-order valence-corrected chi connectivity index (χ2v) is 5.42. The molecule has 3 N–H and O–H groups in total. The largest absolute Gasteiger partial charge is 0.480 e. The lowest BCUT2D eigenvalue weighted by Gasteiger charge is -2.15. The summed E-state index contributed by atoms with van der Waals surface area (Å²) in [6.45, 7) is 1.36. The molecule has 2 aromatic rings. The normalized spacial score (nSPS) is 11.4. The highest BCUT2D eigenvalue weighted by Gasteiger charge is 2.22. The highest BCUT2D eigenvalue weighted by atomic mass is 19.1. The number of carbonyl (C=O) groups is 3. The molecule has 0 aliphatic carbocycles. The smallest absolute Gasteiger partial charge is 0.326 e. The fraction of sp³-hybridized carbons (Fsp3) is 0.167. The van der Waals surface area contributed by atoms with E-state index in [2.05, 4.69) is 10.6 Å². The van der Waals surface area contributed by atoms with Crippen molar-refractivity contribution in [1.82, 2.24) is 5.32 Å². The first kappa shape index (κ1) is 18.1. The van der Waals surface area contributed by atoms with Gasteiger partial charge in [-0.1, -0.05) is 18.2 Å². The quantitative estimate of drug-likeness (QED) is 0.749. The molecule has 1 atom stereocenters. The SMILES string of the molecule is CC(=O)Nc1ccc(C(=O)N[C@@H](Cc2ccccc2F)C(=O)O)cc1. The third-order valence-electron chi connectivity index (χ3n) is 3.45. The third kappa shape index (κ3) is 5.13. The Labute approximate surface area is 143 Å². The molecule has 2 aromatic carbocycles. The van der Waals surface area contributed by atoms with Gasteiger partial charge in [-0.05, 0) is 35.9 Å². The average molecular weight is 344 g/mol. The Bertz CT molecular complexity index is 790. The molecular formula is C18H17FN2O4. The van der Waals surface area contributed by atoms with Crippen molar-refractivity contribution in [3.8, 4) is 0 Å². The first-order valence-electron chi connectivity index (χ1n) is 7.51. The van der Waals surface area contributed by atoms with Crippen molar-refractivity contribution < 1.29 is 23.9 Å². The van der Waals surface area contributed by atoms with Crippen molar-refractivity contribution in [2.75, 3.05) is 5.32 Å². The molecule has 0 saturated carbocycles. The molecule has 0 aliphatic heterocycles. The minimum absolute atomic E-state index is 0.169. The number of carboxylic acids is 1. The zero-order valence-corrected chi connectivity index (χ0v) is 13.5. The van der Waals surface area contributed by atoms with Crippen LogP contribution in [0.5, 0.6) is 0 Å². The maximum atomic E-state index is 13.7. The molecule has 0 aliphatic rings. The number of aliphatic carboxylic acids is 1. The summed E-state index contributed by atoms with van der Waals surface area (Å²) < 4.78 is 13.7. The number of hydrogen-bond acceptors (Lipinski definition) is 3. The maximum absolute atomic E-state index is 13.7. The average Bonchev–Trinajstić information content (AvgIpc) is 2.56. The summed E-state index contributed by atoms with van der Waals surface area (Å²) in [4.78, 5) is 34.6. The van der Waals surface area contributed by atoms with Crippen LogP contribution in [0.15, 0.2) is 48.5 Å². The number of anilines is 1. The van der Waals surface area contributed by atoms with E-state index in [-0.39, 0.29) is 23.5 Å². The number of halogens is 1. The summed E-state index contributed by atoms with van der Waals surface area (Å²) in [6.07, 6.45) is -0.169. The number of amides is 2. The van der Waals surface area contributed by atoms with Gasteiger partial charge in [-0.15, -0.1) is 0 Å². The van der Waals surface area contributed by atoms with Crippen molar-refractivity contribution in [2.45, 2.75) is 19.4 Å². The fourth-order valence-electron chi connectivity index (χ4n) is 2.23. The molecule has 130 valence electrons. The van der Waals surface area contributed by atoms with Crippen LogP contribution in [0.25, 0.3) is 0 Å². The Morgan fingerprint density at radius 2 is 1.72 bits per heavy atom. The summed E-state index contributed by atoms with van der Waals surface area (Å²) in [5.41, 5.74) is 0.954. The van der Waals surface area contributed by atoms with Crippen LogP contribution >= 0.6 is 0 Å². The van der Waals surface area contributed by atoms with Gasteiger partial charge in [-0.2, -0.15) is 0 Å². The number of nitrogens with one attached hydrogen (secondary N) is 2. The molecule has 0 unspecified atom stereocenters. The summed E-state index contributed by atoms with van der Waals surface area (Å²) in [7, 11) is 0. The van der Waals surface area contributed by atoms with Gasteiger partial charge in [0.25, 0.3) is 5.91 Å². The monoisotopic (exact) mass is 344 g/mol. The summed E-state index contributed by atoms with van der Waals surface area (Å²) in [5, 5.41) is 14.2. The van der Waals surface area contributed by atoms with Gasteiger partial charge in [0.1, 0.15) is 11.9 Å². The fourth-order valence-corrected chi connectivity index (χ4v) is 2.23. The van der Waals surface area contributed by atoms with Gasteiger partial charge in [0.15, 0.2) is 0 Å². The predicted octanol–water partition coefficient (Wildman–Crippen LogP) is 2.21. The molecule has 2 rings (SSSR count). The van der Waals surface area contributed by atoms with Crippen molar-refractivity contribution in [2.24, 2.45) is 0 Å².